The van der Waals surface area contributed by atoms with Gasteiger partial charge in [-0.1, -0.05) is 0 Å². The summed E-state index contributed by atoms with van der Waals surface area (Å²) in [7, 11) is 0. The average molecular weight is 257 g/mol. The van der Waals surface area contributed by atoms with Gasteiger partial charge in [0.15, 0.2) is 0 Å². The quantitative estimate of drug-likeness (QED) is 0.215. The zero-order valence-electron chi connectivity index (χ0n) is 9.63. The van der Waals surface area contributed by atoms with Gasteiger partial charge in [-0.3, -0.25) is 10.1 Å². The number of aliphatic hydroxyl groups excluding tert-OH is 1. The molecule has 0 aliphatic heterocycles. The van der Waals surface area contributed by atoms with Gasteiger partial charge < -0.3 is 20.6 Å². The zero-order chi connectivity index (χ0) is 13.4. The molecule has 0 aliphatic carbocycles. The first kappa shape index (κ1) is 14.1. The van der Waals surface area contributed by atoms with Crippen LogP contribution in [0.4, 0.5) is 17.3 Å². The summed E-state index contributed by atoms with van der Waals surface area (Å²) in [5.74, 6) is 5.61. The Hall–Kier alpha value is -1.97. The molecule has 0 saturated heterocycles. The van der Waals surface area contributed by atoms with Gasteiger partial charge in [-0.05, 0) is 6.07 Å². The summed E-state index contributed by atoms with van der Waals surface area (Å²) >= 11 is 0. The summed E-state index contributed by atoms with van der Waals surface area (Å²) in [4.78, 5) is 14.2. The molecule has 1 heterocycles. The molecule has 0 unspecified atom stereocenters. The number of rotatable bonds is 8. The maximum atomic E-state index is 10.8. The van der Waals surface area contributed by atoms with E-state index in [0.29, 0.717) is 19.0 Å². The van der Waals surface area contributed by atoms with Crippen molar-refractivity contribution in [3.8, 4) is 0 Å². The Balaban J connectivity index is 2.63. The van der Waals surface area contributed by atoms with Crippen molar-refractivity contribution in [3.63, 3.8) is 0 Å². The maximum Gasteiger partial charge on any atom is 0.311 e. The fourth-order valence-electron chi connectivity index (χ4n) is 1.22. The van der Waals surface area contributed by atoms with Crippen LogP contribution in [0.3, 0.4) is 0 Å². The highest BCUT2D eigenvalue weighted by molar-refractivity contribution is 5.59. The Morgan fingerprint density at radius 3 is 2.89 bits per heavy atom. The Bertz CT molecular complexity index is 401. The molecule has 5 N–H and O–H groups in total. The minimum Gasteiger partial charge on any atom is -0.394 e. The van der Waals surface area contributed by atoms with Crippen molar-refractivity contribution in [2.45, 2.75) is 0 Å². The highest BCUT2D eigenvalue weighted by atomic mass is 16.6. The van der Waals surface area contributed by atoms with Crippen LogP contribution >= 0.6 is 0 Å². The van der Waals surface area contributed by atoms with Crippen molar-refractivity contribution < 1.29 is 14.8 Å². The Morgan fingerprint density at radius 1 is 1.50 bits per heavy atom. The predicted octanol–water partition coefficient (Wildman–Crippen LogP) is -0.304. The SMILES string of the molecule is NNc1ccc([N+](=O)[O-])c(NCCOCCO)n1. The van der Waals surface area contributed by atoms with Gasteiger partial charge in [0.1, 0.15) is 5.82 Å². The first-order chi connectivity index (χ1) is 8.69. The minimum atomic E-state index is -0.537. The second kappa shape index (κ2) is 7.37. The van der Waals surface area contributed by atoms with Crippen molar-refractivity contribution in [3.05, 3.63) is 22.2 Å². The van der Waals surface area contributed by atoms with E-state index in [4.69, 9.17) is 15.7 Å². The van der Waals surface area contributed by atoms with Crippen LogP contribution < -0.4 is 16.6 Å². The number of ether oxygens (including phenoxy) is 1. The molecular formula is C9H15N5O4. The molecular weight excluding hydrogens is 242 g/mol. The molecule has 0 bridgehead atoms. The van der Waals surface area contributed by atoms with Gasteiger partial charge in [0, 0.05) is 12.6 Å². The maximum absolute atomic E-state index is 10.8. The first-order valence-electron chi connectivity index (χ1n) is 5.23. The van der Waals surface area contributed by atoms with Crippen LogP contribution in [0.5, 0.6) is 0 Å². The molecule has 0 spiro atoms. The van der Waals surface area contributed by atoms with E-state index in [0.717, 1.165) is 0 Å². The molecule has 1 aromatic rings. The van der Waals surface area contributed by atoms with Crippen LogP contribution in [0.25, 0.3) is 0 Å². The number of anilines is 2. The number of nitrogens with two attached hydrogens (primary N) is 1. The zero-order valence-corrected chi connectivity index (χ0v) is 9.63. The molecule has 1 rings (SSSR count). The molecule has 0 amide bonds. The van der Waals surface area contributed by atoms with Gasteiger partial charge in [0.05, 0.1) is 24.7 Å². The van der Waals surface area contributed by atoms with Gasteiger partial charge in [-0.2, -0.15) is 0 Å². The van der Waals surface area contributed by atoms with Crippen molar-refractivity contribution in [1.29, 1.82) is 0 Å². The molecule has 18 heavy (non-hydrogen) atoms. The van der Waals surface area contributed by atoms with Crippen molar-refractivity contribution in [2.75, 3.05) is 37.1 Å². The molecule has 0 aliphatic rings. The highest BCUT2D eigenvalue weighted by Crippen LogP contribution is 2.23. The number of nitro groups is 1. The molecule has 0 atom stereocenters. The number of nitrogens with one attached hydrogen (secondary N) is 2. The van der Waals surface area contributed by atoms with E-state index in [1.807, 2.05) is 0 Å². The summed E-state index contributed by atoms with van der Waals surface area (Å²) < 4.78 is 5.01. The van der Waals surface area contributed by atoms with E-state index in [1.54, 1.807) is 0 Å². The lowest BCUT2D eigenvalue weighted by atomic mass is 10.3. The number of aliphatic hydroxyl groups is 1. The third-order valence-corrected chi connectivity index (χ3v) is 1.99. The molecule has 100 valence electrons. The van der Waals surface area contributed by atoms with Crippen molar-refractivity contribution in [1.82, 2.24) is 4.98 Å². The predicted molar refractivity (Wildman–Crippen MR) is 65.1 cm³/mol. The van der Waals surface area contributed by atoms with Crippen LogP contribution in [-0.2, 0) is 4.74 Å². The highest BCUT2D eigenvalue weighted by Gasteiger charge is 2.15. The summed E-state index contributed by atoms with van der Waals surface area (Å²) in [6.45, 7) is 0.800. The average Bonchev–Trinajstić information content (AvgIpc) is 2.38. The van der Waals surface area contributed by atoms with Crippen LogP contribution in [0.2, 0.25) is 0 Å². The van der Waals surface area contributed by atoms with Gasteiger partial charge in [-0.15, -0.1) is 0 Å². The largest absolute Gasteiger partial charge is 0.394 e. The molecule has 0 fully saturated rings. The topological polar surface area (TPSA) is 136 Å². The van der Waals surface area contributed by atoms with Crippen LogP contribution in [0, 0.1) is 10.1 Å². The summed E-state index contributed by atoms with van der Waals surface area (Å²) in [5.41, 5.74) is 2.16. The number of hydrogen-bond donors (Lipinski definition) is 4. The third kappa shape index (κ3) is 4.13. The molecule has 0 radical (unpaired) electrons. The number of nitrogen functional groups attached to an aromatic ring is 1. The fraction of sp³-hybridized carbons (Fsp3) is 0.444. The minimum absolute atomic E-state index is 0.0645. The number of aromatic nitrogens is 1. The van der Waals surface area contributed by atoms with E-state index < -0.39 is 4.92 Å². The van der Waals surface area contributed by atoms with Crippen molar-refractivity contribution in [2.24, 2.45) is 5.84 Å². The van der Waals surface area contributed by atoms with Crippen molar-refractivity contribution >= 4 is 17.3 Å². The monoisotopic (exact) mass is 257 g/mol. The molecule has 9 heteroatoms. The van der Waals surface area contributed by atoms with Gasteiger partial charge in [0.25, 0.3) is 0 Å². The normalized spacial score (nSPS) is 10.1. The number of hydrogen-bond acceptors (Lipinski definition) is 8. The Morgan fingerprint density at radius 2 is 2.28 bits per heavy atom. The van der Waals surface area contributed by atoms with Gasteiger partial charge in [-0.25, -0.2) is 10.8 Å². The molecule has 0 aromatic carbocycles. The summed E-state index contributed by atoms with van der Waals surface area (Å²) in [6, 6.07) is 2.71. The van der Waals surface area contributed by atoms with E-state index in [1.165, 1.54) is 12.1 Å². The third-order valence-electron chi connectivity index (χ3n) is 1.99. The lowest BCUT2D eigenvalue weighted by Crippen LogP contribution is -2.15. The van der Waals surface area contributed by atoms with E-state index in [-0.39, 0.29) is 24.7 Å². The standard InChI is InChI=1S/C9H15N5O4/c10-13-8-2-1-7(14(16)17)9(12-8)11-3-5-18-6-4-15/h1-2,15H,3-6,10H2,(H2,11,12,13). The molecule has 1 aromatic heterocycles. The number of nitrogens with zero attached hydrogens (tertiary/aromatic N) is 2. The van der Waals surface area contributed by atoms with Crippen LogP contribution in [0.1, 0.15) is 0 Å². The van der Waals surface area contributed by atoms with E-state index in [9.17, 15) is 10.1 Å². The Labute approximate surface area is 103 Å². The lowest BCUT2D eigenvalue weighted by molar-refractivity contribution is -0.384. The van der Waals surface area contributed by atoms with Crippen LogP contribution in [-0.4, -0.2) is 41.4 Å². The smallest absolute Gasteiger partial charge is 0.311 e. The van der Waals surface area contributed by atoms with Gasteiger partial charge in [0.2, 0.25) is 5.82 Å². The molecule has 9 nitrogen and oxygen atoms in total. The number of pyridine rings is 1. The van der Waals surface area contributed by atoms with E-state index >= 15 is 0 Å². The van der Waals surface area contributed by atoms with Crippen LogP contribution in [0.15, 0.2) is 12.1 Å². The fourth-order valence-corrected chi connectivity index (χ4v) is 1.22. The Kier molecular flexibility index (Phi) is 5.77. The second-order valence-corrected chi connectivity index (χ2v) is 3.23. The van der Waals surface area contributed by atoms with Gasteiger partial charge >= 0.3 is 5.69 Å². The van der Waals surface area contributed by atoms with E-state index in [2.05, 4.69) is 15.7 Å². The summed E-state index contributed by atoms with van der Waals surface area (Å²) in [5, 5.41) is 22.0. The lowest BCUT2D eigenvalue weighted by Gasteiger charge is -2.08. The molecule has 0 saturated carbocycles. The number of hydrazine groups is 1. The first-order valence-corrected chi connectivity index (χ1v) is 5.23. The second-order valence-electron chi connectivity index (χ2n) is 3.23. The summed E-state index contributed by atoms with van der Waals surface area (Å²) in [6.07, 6.45) is 0.